The number of Topliss-reactive ketones (excluding diaryl/α,β-unsaturated/α-hetero) is 1. The highest BCUT2D eigenvalue weighted by Gasteiger charge is 2.43. The van der Waals surface area contributed by atoms with Crippen molar-refractivity contribution in [1.29, 1.82) is 0 Å². The van der Waals surface area contributed by atoms with Crippen molar-refractivity contribution in [3.63, 3.8) is 0 Å². The maximum atomic E-state index is 13.8. The van der Waals surface area contributed by atoms with Crippen LogP contribution in [0.15, 0.2) is 118 Å². The van der Waals surface area contributed by atoms with Gasteiger partial charge in [-0.25, -0.2) is 15.1 Å². The van der Waals surface area contributed by atoms with Crippen molar-refractivity contribution in [1.82, 2.24) is 5.32 Å². The quantitative estimate of drug-likeness (QED) is 0.308. The van der Waals surface area contributed by atoms with Gasteiger partial charge in [0.05, 0.1) is 17.7 Å². The normalized spacial score (nSPS) is 19.0. The first-order valence-electron chi connectivity index (χ1n) is 12.9. The number of carbonyl (C=O) groups is 2. The van der Waals surface area contributed by atoms with Gasteiger partial charge in [0.15, 0.2) is 5.78 Å². The predicted octanol–water partition coefficient (Wildman–Crippen LogP) is 6.41. The van der Waals surface area contributed by atoms with Gasteiger partial charge in [-0.15, -0.1) is 0 Å². The van der Waals surface area contributed by atoms with Gasteiger partial charge in [0.1, 0.15) is 11.5 Å². The highest BCUT2D eigenvalue weighted by atomic mass is 35.5. The maximum Gasteiger partial charge on any atom is 0.337 e. The molecule has 3 N–H and O–H groups in total. The summed E-state index contributed by atoms with van der Waals surface area (Å²) in [6, 6.07) is 26.7. The lowest BCUT2D eigenvalue weighted by atomic mass is 9.73. The zero-order valence-electron chi connectivity index (χ0n) is 21.3. The molecule has 39 heavy (non-hydrogen) atoms. The van der Waals surface area contributed by atoms with Crippen LogP contribution >= 0.6 is 11.6 Å². The van der Waals surface area contributed by atoms with Gasteiger partial charge >= 0.3 is 5.91 Å². The summed E-state index contributed by atoms with van der Waals surface area (Å²) in [7, 11) is 0. The number of dihydropyridines is 1. The van der Waals surface area contributed by atoms with Crippen LogP contribution < -0.4 is 15.6 Å². The molecular weight excluding hydrogens is 510 g/mol. The van der Waals surface area contributed by atoms with Crippen LogP contribution in [-0.4, -0.2) is 11.7 Å². The molecule has 1 aliphatic carbocycles. The van der Waals surface area contributed by atoms with Gasteiger partial charge < -0.3 is 9.73 Å². The Morgan fingerprint density at radius 1 is 1.00 bits per heavy atom. The number of benzene rings is 2. The van der Waals surface area contributed by atoms with Gasteiger partial charge in [-0.05, 0) is 55.2 Å². The lowest BCUT2D eigenvalue weighted by molar-refractivity contribution is -0.360. The van der Waals surface area contributed by atoms with E-state index in [0.717, 1.165) is 16.8 Å². The van der Waals surface area contributed by atoms with E-state index in [0.29, 0.717) is 52.0 Å². The molecule has 2 unspecified atom stereocenters. The molecule has 6 rings (SSSR count). The summed E-state index contributed by atoms with van der Waals surface area (Å²) in [5.41, 5.74) is 4.51. The predicted molar refractivity (Wildman–Crippen MR) is 150 cm³/mol. The smallest absolute Gasteiger partial charge is 0.337 e. The molecule has 2 atom stereocenters. The van der Waals surface area contributed by atoms with E-state index in [1.807, 2.05) is 67.6 Å². The largest absolute Gasteiger partial charge is 0.460 e. The fourth-order valence-corrected chi connectivity index (χ4v) is 5.74. The van der Waals surface area contributed by atoms with Gasteiger partial charge in [-0.3, -0.25) is 4.79 Å². The van der Waals surface area contributed by atoms with Crippen LogP contribution in [0, 0.1) is 0 Å². The van der Waals surface area contributed by atoms with Crippen LogP contribution in [0.4, 0.5) is 5.82 Å². The Labute approximate surface area is 231 Å². The molecule has 6 nitrogen and oxygen atoms in total. The van der Waals surface area contributed by atoms with Crippen LogP contribution in [0.3, 0.4) is 0 Å². The molecular formula is C32H27ClN3O3+. The summed E-state index contributed by atoms with van der Waals surface area (Å²) in [6.07, 6.45) is 2.78. The molecule has 0 saturated carbocycles. The summed E-state index contributed by atoms with van der Waals surface area (Å²) in [4.78, 5) is 30.6. The van der Waals surface area contributed by atoms with E-state index >= 15 is 0 Å². The fraction of sp³-hybridized carbons (Fsp3) is 0.156. The summed E-state index contributed by atoms with van der Waals surface area (Å²) >= 11 is 6.22. The van der Waals surface area contributed by atoms with Gasteiger partial charge in [-0.2, -0.15) is 0 Å². The van der Waals surface area contributed by atoms with Crippen LogP contribution in [0.25, 0.3) is 11.3 Å². The lowest BCUT2D eigenvalue weighted by Gasteiger charge is -2.35. The number of hydrogen-bond donors (Lipinski definition) is 2. The molecule has 2 aromatic carbocycles. The summed E-state index contributed by atoms with van der Waals surface area (Å²) in [5, 5.41) is 6.97. The van der Waals surface area contributed by atoms with Crippen LogP contribution in [0.5, 0.6) is 0 Å². The third-order valence-electron chi connectivity index (χ3n) is 7.32. The Morgan fingerprint density at radius 2 is 1.82 bits per heavy atom. The lowest BCUT2D eigenvalue weighted by Crippen LogP contribution is -2.37. The summed E-state index contributed by atoms with van der Waals surface area (Å²) in [6.45, 7) is 1.87. The topological polar surface area (TPSA) is 85.5 Å². The molecule has 0 spiro atoms. The molecule has 4 aromatic rings. The van der Waals surface area contributed by atoms with Crippen molar-refractivity contribution in [3.05, 3.63) is 130 Å². The first-order valence-corrected chi connectivity index (χ1v) is 13.3. The number of aromatic nitrogens is 1. The van der Waals surface area contributed by atoms with E-state index in [2.05, 4.69) is 27.8 Å². The van der Waals surface area contributed by atoms with Crippen molar-refractivity contribution in [2.45, 2.75) is 31.6 Å². The Bertz CT molecular complexity index is 1620. The second-order valence-corrected chi connectivity index (χ2v) is 10.3. The van der Waals surface area contributed by atoms with Crippen molar-refractivity contribution in [3.8, 4) is 11.3 Å². The van der Waals surface area contributed by atoms with Crippen LogP contribution in [-0.2, 0) is 9.59 Å². The standard InChI is InChI=1S/C32H26ClN3O3/c1-19-29(32(38)36-28-12-5-6-15-34-28)31(27-14-13-26(39-27)21-10-7-11-23(33)16-21)30-24(35-19)17-22(18-25(30)37)20-8-3-2-4-9-20/h2-16,22,31,35H,17-18H2,1H3,(H,34,36,38)/p+1. The number of nitrogens with one attached hydrogen (secondary N) is 3. The maximum absolute atomic E-state index is 13.8. The molecule has 0 saturated heterocycles. The number of allylic oxidation sites excluding steroid dienone is 3. The highest BCUT2D eigenvalue weighted by Crippen LogP contribution is 2.46. The number of hydrogen-bond acceptors (Lipinski definition) is 4. The number of amides is 1. The summed E-state index contributed by atoms with van der Waals surface area (Å²) in [5.74, 6) is 0.817. The van der Waals surface area contributed by atoms with E-state index < -0.39 is 5.92 Å². The first kappa shape index (κ1) is 24.9. The third-order valence-corrected chi connectivity index (χ3v) is 7.56. The van der Waals surface area contributed by atoms with Gasteiger partial charge in [0, 0.05) is 40.0 Å². The Kier molecular flexibility index (Phi) is 6.63. The number of aromatic amines is 1. The Balaban J connectivity index is 1.43. The molecule has 7 heteroatoms. The van der Waals surface area contributed by atoms with Crippen LogP contribution in [0.1, 0.15) is 42.9 Å². The molecule has 0 bridgehead atoms. The minimum atomic E-state index is -0.651. The number of anilines is 1. The minimum Gasteiger partial charge on any atom is -0.460 e. The molecule has 1 aliphatic heterocycles. The fourth-order valence-electron chi connectivity index (χ4n) is 5.55. The molecule has 3 heterocycles. The van der Waals surface area contributed by atoms with Crippen molar-refractivity contribution in [2.75, 3.05) is 5.32 Å². The Morgan fingerprint density at radius 3 is 2.59 bits per heavy atom. The molecule has 0 fully saturated rings. The van der Waals surface area contributed by atoms with Crippen molar-refractivity contribution >= 4 is 29.1 Å². The third kappa shape index (κ3) is 4.91. The number of furan rings is 1. The van der Waals surface area contributed by atoms with Crippen molar-refractivity contribution in [2.24, 2.45) is 0 Å². The first-order chi connectivity index (χ1) is 19.0. The zero-order valence-corrected chi connectivity index (χ0v) is 22.1. The second-order valence-electron chi connectivity index (χ2n) is 9.87. The number of carbonyl (C=O) groups excluding carboxylic acids is 2. The van der Waals surface area contributed by atoms with E-state index in [4.69, 9.17) is 16.0 Å². The molecule has 2 aliphatic rings. The number of pyridine rings is 1. The number of ketones is 1. The second kappa shape index (κ2) is 10.4. The van der Waals surface area contributed by atoms with E-state index in [1.165, 1.54) is 0 Å². The zero-order chi connectivity index (χ0) is 26.9. The van der Waals surface area contributed by atoms with E-state index in [1.54, 1.807) is 18.3 Å². The van der Waals surface area contributed by atoms with E-state index in [-0.39, 0.29) is 17.6 Å². The molecule has 2 aromatic heterocycles. The SMILES string of the molecule is CC1=C(C(=O)Nc2cccc[nH+]2)C(c2ccc(-c3cccc(Cl)c3)o2)C2=C(CC(c3ccccc3)CC2=O)N1. The number of rotatable bonds is 5. The highest BCUT2D eigenvalue weighted by molar-refractivity contribution is 6.30. The monoisotopic (exact) mass is 536 g/mol. The average molecular weight is 537 g/mol. The molecule has 0 radical (unpaired) electrons. The van der Waals surface area contributed by atoms with Crippen molar-refractivity contribution < 1.29 is 19.0 Å². The van der Waals surface area contributed by atoms with Crippen LogP contribution in [0.2, 0.25) is 5.02 Å². The van der Waals surface area contributed by atoms with Gasteiger partial charge in [0.2, 0.25) is 0 Å². The van der Waals surface area contributed by atoms with E-state index in [9.17, 15) is 9.59 Å². The molecule has 1 amide bonds. The molecule has 194 valence electrons. The number of halogens is 1. The van der Waals surface area contributed by atoms with Gasteiger partial charge in [-0.1, -0.05) is 60.1 Å². The summed E-state index contributed by atoms with van der Waals surface area (Å²) < 4.78 is 6.36. The Hall–Kier alpha value is -4.42. The van der Waals surface area contributed by atoms with Gasteiger partial charge in [0.25, 0.3) is 5.82 Å². The average Bonchev–Trinajstić information content (AvgIpc) is 3.43. The number of H-pyrrole nitrogens is 1. The minimum absolute atomic E-state index is 0.00684.